The van der Waals surface area contributed by atoms with Gasteiger partial charge in [-0.05, 0) is 48.7 Å². The number of nitrogens with one attached hydrogen (secondary N) is 1. The van der Waals surface area contributed by atoms with Crippen LogP contribution in [0.25, 0.3) is 0 Å². The quantitative estimate of drug-likeness (QED) is 0.856. The van der Waals surface area contributed by atoms with Crippen LogP contribution in [0.3, 0.4) is 0 Å². The molecule has 2 atom stereocenters. The zero-order valence-corrected chi connectivity index (χ0v) is 13.0. The Morgan fingerprint density at radius 1 is 1.30 bits per heavy atom. The van der Waals surface area contributed by atoms with Crippen LogP contribution in [0.15, 0.2) is 24.3 Å². The van der Waals surface area contributed by atoms with Crippen molar-refractivity contribution in [1.82, 2.24) is 10.2 Å². The Kier molecular flexibility index (Phi) is 5.35. The Morgan fingerprint density at radius 2 is 1.95 bits per heavy atom. The topological polar surface area (TPSA) is 15.3 Å². The highest BCUT2D eigenvalue weighted by atomic mass is 32.1. The lowest BCUT2D eigenvalue weighted by Crippen LogP contribution is -2.46. The second kappa shape index (κ2) is 7.02. The summed E-state index contributed by atoms with van der Waals surface area (Å²) in [5, 5.41) is 4.27. The molecule has 0 spiro atoms. The summed E-state index contributed by atoms with van der Waals surface area (Å²) in [5.74, 6) is 0.481. The lowest BCUT2D eigenvalue weighted by atomic mass is 9.86. The third kappa shape index (κ3) is 4.17. The molecule has 110 valence electrons. The molecule has 0 radical (unpaired) electrons. The first-order chi connectivity index (χ1) is 9.56. The molecular weight excluding hydrogens is 271 g/mol. The van der Waals surface area contributed by atoms with Gasteiger partial charge in [0.25, 0.3) is 0 Å². The zero-order valence-electron chi connectivity index (χ0n) is 12.2. The van der Waals surface area contributed by atoms with Gasteiger partial charge in [0.05, 0.1) is 0 Å². The van der Waals surface area contributed by atoms with Gasteiger partial charge in [-0.25, -0.2) is 4.39 Å². The van der Waals surface area contributed by atoms with Crippen molar-refractivity contribution in [2.24, 2.45) is 5.92 Å². The van der Waals surface area contributed by atoms with E-state index in [2.05, 4.69) is 12.2 Å². The maximum absolute atomic E-state index is 12.9. The highest BCUT2D eigenvalue weighted by Crippen LogP contribution is 2.23. The van der Waals surface area contributed by atoms with Crippen molar-refractivity contribution in [3.63, 3.8) is 0 Å². The monoisotopic (exact) mass is 294 g/mol. The van der Waals surface area contributed by atoms with Crippen LogP contribution >= 0.6 is 12.2 Å². The van der Waals surface area contributed by atoms with Crippen molar-refractivity contribution in [1.29, 1.82) is 0 Å². The van der Waals surface area contributed by atoms with Crippen molar-refractivity contribution in [2.75, 3.05) is 7.05 Å². The van der Waals surface area contributed by atoms with Crippen LogP contribution in [-0.4, -0.2) is 23.1 Å². The minimum atomic E-state index is -0.201. The Morgan fingerprint density at radius 3 is 2.60 bits per heavy atom. The Hall–Kier alpha value is -1.16. The van der Waals surface area contributed by atoms with Gasteiger partial charge in [-0.3, -0.25) is 0 Å². The van der Waals surface area contributed by atoms with Gasteiger partial charge in [0, 0.05) is 19.6 Å². The summed E-state index contributed by atoms with van der Waals surface area (Å²) >= 11 is 5.48. The summed E-state index contributed by atoms with van der Waals surface area (Å²) in [6, 6.07) is 7.08. The fourth-order valence-corrected chi connectivity index (χ4v) is 2.95. The second-order valence-electron chi connectivity index (χ2n) is 5.80. The van der Waals surface area contributed by atoms with Gasteiger partial charge in [-0.15, -0.1) is 0 Å². The van der Waals surface area contributed by atoms with Crippen molar-refractivity contribution in [3.8, 4) is 0 Å². The van der Waals surface area contributed by atoms with E-state index in [-0.39, 0.29) is 5.82 Å². The maximum atomic E-state index is 12.9. The molecule has 1 fully saturated rings. The normalized spacial score (nSPS) is 22.4. The van der Waals surface area contributed by atoms with Crippen molar-refractivity contribution in [3.05, 3.63) is 35.6 Å². The fraction of sp³-hybridized carbons (Fsp3) is 0.562. The smallest absolute Gasteiger partial charge is 0.169 e. The van der Waals surface area contributed by atoms with Crippen LogP contribution in [0.1, 0.15) is 38.2 Å². The largest absolute Gasteiger partial charge is 0.360 e. The van der Waals surface area contributed by atoms with E-state index < -0.39 is 0 Å². The van der Waals surface area contributed by atoms with Gasteiger partial charge in [0.1, 0.15) is 5.82 Å². The number of rotatable bonds is 3. The van der Waals surface area contributed by atoms with Gasteiger partial charge in [-0.1, -0.05) is 31.9 Å². The van der Waals surface area contributed by atoms with Gasteiger partial charge in [-0.2, -0.15) is 0 Å². The molecule has 0 unspecified atom stereocenters. The molecule has 0 aliphatic heterocycles. The highest BCUT2D eigenvalue weighted by molar-refractivity contribution is 7.80. The summed E-state index contributed by atoms with van der Waals surface area (Å²) < 4.78 is 12.9. The van der Waals surface area contributed by atoms with Crippen molar-refractivity contribution < 1.29 is 4.39 Å². The Balaban J connectivity index is 1.86. The molecule has 1 aliphatic rings. The second-order valence-corrected chi connectivity index (χ2v) is 6.19. The van der Waals surface area contributed by atoms with Crippen molar-refractivity contribution >= 4 is 17.3 Å². The molecule has 1 saturated carbocycles. The first-order valence-corrected chi connectivity index (χ1v) is 7.73. The summed E-state index contributed by atoms with van der Waals surface area (Å²) in [6.07, 6.45) is 5.09. The van der Waals surface area contributed by atoms with Gasteiger partial charge in [0.15, 0.2) is 5.11 Å². The molecule has 0 saturated heterocycles. The first-order valence-electron chi connectivity index (χ1n) is 7.32. The molecular formula is C16H23FN2S. The number of hydrogen-bond acceptors (Lipinski definition) is 1. The predicted molar refractivity (Wildman–Crippen MR) is 85.0 cm³/mol. The van der Waals surface area contributed by atoms with Crippen LogP contribution < -0.4 is 5.32 Å². The lowest BCUT2D eigenvalue weighted by molar-refractivity contribution is 0.300. The molecule has 2 rings (SSSR count). The standard InChI is InChI=1S/C16H23FN2S/c1-12-5-3-4-6-15(12)18-16(20)19(2)11-13-7-9-14(17)10-8-13/h7-10,12,15H,3-6,11H2,1-2H3,(H,18,20)/t12-,15-/m1/s1. The lowest BCUT2D eigenvalue weighted by Gasteiger charge is -2.33. The van der Waals surface area contributed by atoms with E-state index in [9.17, 15) is 4.39 Å². The van der Waals surface area contributed by atoms with Gasteiger partial charge < -0.3 is 10.2 Å². The molecule has 0 bridgehead atoms. The van der Waals surface area contributed by atoms with Crippen LogP contribution in [0.4, 0.5) is 4.39 Å². The third-order valence-corrected chi connectivity index (χ3v) is 4.53. The molecule has 0 aromatic heterocycles. The fourth-order valence-electron chi connectivity index (χ4n) is 2.73. The van der Waals surface area contributed by atoms with E-state index in [0.29, 0.717) is 18.5 Å². The third-order valence-electron chi connectivity index (χ3n) is 4.10. The summed E-state index contributed by atoms with van der Waals surface area (Å²) in [7, 11) is 1.98. The zero-order chi connectivity index (χ0) is 14.5. The van der Waals surface area contributed by atoms with Crippen LogP contribution in [0, 0.1) is 11.7 Å². The van der Waals surface area contributed by atoms with Crippen LogP contribution in [-0.2, 0) is 6.54 Å². The van der Waals surface area contributed by atoms with E-state index >= 15 is 0 Å². The Labute approximate surface area is 126 Å². The number of benzene rings is 1. The summed E-state index contributed by atoms with van der Waals surface area (Å²) in [6.45, 7) is 2.99. The average molecular weight is 294 g/mol. The van der Waals surface area contributed by atoms with Gasteiger partial charge >= 0.3 is 0 Å². The number of halogens is 1. The molecule has 0 amide bonds. The Bertz CT molecular complexity index is 446. The van der Waals surface area contributed by atoms with E-state index in [4.69, 9.17) is 12.2 Å². The minimum absolute atomic E-state index is 0.201. The molecule has 2 nitrogen and oxygen atoms in total. The molecule has 1 aromatic carbocycles. The molecule has 4 heteroatoms. The molecule has 1 N–H and O–H groups in total. The number of nitrogens with zero attached hydrogens (tertiary/aromatic N) is 1. The van der Waals surface area contributed by atoms with Crippen molar-refractivity contribution in [2.45, 2.75) is 45.2 Å². The van der Waals surface area contributed by atoms with Crippen LogP contribution in [0.2, 0.25) is 0 Å². The molecule has 20 heavy (non-hydrogen) atoms. The summed E-state index contributed by atoms with van der Waals surface area (Å²) in [5.41, 5.74) is 1.06. The van der Waals surface area contributed by atoms with E-state index in [1.165, 1.54) is 37.8 Å². The number of thiocarbonyl (C=S) groups is 1. The van der Waals surface area contributed by atoms with Crippen LogP contribution in [0.5, 0.6) is 0 Å². The van der Waals surface area contributed by atoms with E-state index in [0.717, 1.165) is 10.7 Å². The van der Waals surface area contributed by atoms with E-state index in [1.807, 2.05) is 11.9 Å². The van der Waals surface area contributed by atoms with Gasteiger partial charge in [0.2, 0.25) is 0 Å². The number of hydrogen-bond donors (Lipinski definition) is 1. The average Bonchev–Trinajstić information content (AvgIpc) is 2.44. The van der Waals surface area contributed by atoms with E-state index in [1.54, 1.807) is 12.1 Å². The summed E-state index contributed by atoms with van der Waals surface area (Å²) in [4.78, 5) is 2.02. The maximum Gasteiger partial charge on any atom is 0.169 e. The molecule has 1 aliphatic carbocycles. The minimum Gasteiger partial charge on any atom is -0.360 e. The SMILES string of the molecule is C[C@@H]1CCCC[C@H]1NC(=S)N(C)Cc1ccc(F)cc1. The highest BCUT2D eigenvalue weighted by Gasteiger charge is 2.22. The first kappa shape index (κ1) is 15.2. The predicted octanol–water partition coefficient (Wildman–Crippen LogP) is 3.71. The molecule has 1 aromatic rings. The molecule has 0 heterocycles.